The molecule has 5 heteroatoms. The Hall–Kier alpha value is -2.14. The average molecular weight is 285 g/mol. The summed E-state index contributed by atoms with van der Waals surface area (Å²) < 4.78 is 0. The van der Waals surface area contributed by atoms with Crippen molar-refractivity contribution in [2.75, 3.05) is 25.5 Å². The predicted molar refractivity (Wildman–Crippen MR) is 83.4 cm³/mol. The van der Waals surface area contributed by atoms with Crippen LogP contribution in [0.4, 0.5) is 5.69 Å². The van der Waals surface area contributed by atoms with Crippen molar-refractivity contribution < 1.29 is 4.79 Å². The van der Waals surface area contributed by atoms with E-state index in [1.165, 1.54) is 0 Å². The number of hydrogen-bond donors (Lipinski definition) is 2. The lowest BCUT2D eigenvalue weighted by atomic mass is 9.96. The first-order valence-corrected chi connectivity index (χ1v) is 7.24. The number of rotatable bonds is 2. The van der Waals surface area contributed by atoms with Gasteiger partial charge in [-0.2, -0.15) is 0 Å². The highest BCUT2D eigenvalue weighted by molar-refractivity contribution is 5.95. The van der Waals surface area contributed by atoms with Gasteiger partial charge in [-0.1, -0.05) is 0 Å². The van der Waals surface area contributed by atoms with Crippen molar-refractivity contribution in [3.05, 3.63) is 40.8 Å². The van der Waals surface area contributed by atoms with E-state index >= 15 is 0 Å². The molecule has 1 saturated heterocycles. The molecule has 1 aromatic heterocycles. The lowest BCUT2D eigenvalue weighted by Crippen LogP contribution is -2.35. The number of fused-ring (bicyclic) bond motifs is 1. The first-order chi connectivity index (χ1) is 10.1. The first-order valence-electron chi connectivity index (χ1n) is 7.24. The molecule has 110 valence electrons. The van der Waals surface area contributed by atoms with Crippen LogP contribution in [0.25, 0.3) is 10.8 Å². The number of nitrogens with zero attached hydrogens (tertiary/aromatic N) is 1. The monoisotopic (exact) mass is 285 g/mol. The molecule has 0 aliphatic carbocycles. The molecule has 0 radical (unpaired) electrons. The standard InChI is InChI=1S/C16H19N3O2/c1-19-8-5-11(6-9-19)15(20)18-13-2-3-14-12(10-13)4-7-17-16(14)21/h2-4,7,10-11H,5-6,8-9H2,1H3,(H,17,21)(H,18,20). The molecule has 3 rings (SSSR count). The van der Waals surface area contributed by atoms with Crippen LogP contribution in [0.1, 0.15) is 12.8 Å². The van der Waals surface area contributed by atoms with Gasteiger partial charge in [0.15, 0.2) is 0 Å². The Labute approximate surface area is 123 Å². The predicted octanol–water partition coefficient (Wildman–Crippen LogP) is 1.81. The molecule has 0 bridgehead atoms. The average Bonchev–Trinajstić information content (AvgIpc) is 2.48. The van der Waals surface area contributed by atoms with E-state index in [2.05, 4.69) is 22.2 Å². The maximum atomic E-state index is 12.3. The molecule has 5 nitrogen and oxygen atoms in total. The van der Waals surface area contributed by atoms with Crippen LogP contribution >= 0.6 is 0 Å². The van der Waals surface area contributed by atoms with E-state index < -0.39 is 0 Å². The molecule has 0 atom stereocenters. The Balaban J connectivity index is 1.75. The van der Waals surface area contributed by atoms with Gasteiger partial charge in [-0.05, 0) is 62.6 Å². The lowest BCUT2D eigenvalue weighted by molar-refractivity contribution is -0.121. The van der Waals surface area contributed by atoms with E-state index in [0.29, 0.717) is 5.39 Å². The molecule has 1 aromatic carbocycles. The second kappa shape index (κ2) is 5.69. The van der Waals surface area contributed by atoms with Gasteiger partial charge in [-0.25, -0.2) is 0 Å². The number of nitrogens with one attached hydrogen (secondary N) is 2. The fraction of sp³-hybridized carbons (Fsp3) is 0.375. The summed E-state index contributed by atoms with van der Waals surface area (Å²) in [6.45, 7) is 1.93. The Morgan fingerprint density at radius 2 is 2.05 bits per heavy atom. The molecule has 1 aliphatic rings. The number of hydrogen-bond acceptors (Lipinski definition) is 3. The van der Waals surface area contributed by atoms with E-state index in [9.17, 15) is 9.59 Å². The maximum Gasteiger partial charge on any atom is 0.255 e. The zero-order valence-corrected chi connectivity index (χ0v) is 12.1. The Morgan fingerprint density at radius 3 is 2.81 bits per heavy atom. The van der Waals surface area contributed by atoms with Crippen molar-refractivity contribution in [3.8, 4) is 0 Å². The molecule has 2 N–H and O–H groups in total. The molecule has 1 amide bonds. The Morgan fingerprint density at radius 1 is 1.29 bits per heavy atom. The molecule has 0 spiro atoms. The number of aromatic nitrogens is 1. The molecular formula is C16H19N3O2. The molecule has 2 heterocycles. The summed E-state index contributed by atoms with van der Waals surface area (Å²) in [6.07, 6.45) is 3.42. The van der Waals surface area contributed by atoms with Crippen LogP contribution in [0.2, 0.25) is 0 Å². The summed E-state index contributed by atoms with van der Waals surface area (Å²) in [7, 11) is 2.08. The number of anilines is 1. The highest BCUT2D eigenvalue weighted by Gasteiger charge is 2.23. The zero-order chi connectivity index (χ0) is 14.8. The van der Waals surface area contributed by atoms with Crippen LogP contribution < -0.4 is 10.9 Å². The van der Waals surface area contributed by atoms with Crippen LogP contribution in [0.3, 0.4) is 0 Å². The van der Waals surface area contributed by atoms with Crippen molar-refractivity contribution in [2.24, 2.45) is 5.92 Å². The van der Waals surface area contributed by atoms with Gasteiger partial charge in [0.05, 0.1) is 0 Å². The third kappa shape index (κ3) is 2.97. The van der Waals surface area contributed by atoms with E-state index in [1.54, 1.807) is 18.3 Å². The summed E-state index contributed by atoms with van der Waals surface area (Å²) in [5.74, 6) is 0.156. The number of aromatic amines is 1. The van der Waals surface area contributed by atoms with Gasteiger partial charge in [0, 0.05) is 23.2 Å². The minimum absolute atomic E-state index is 0.0762. The number of amides is 1. The number of pyridine rings is 1. The second-order valence-electron chi connectivity index (χ2n) is 5.68. The second-order valence-corrected chi connectivity index (χ2v) is 5.68. The lowest BCUT2D eigenvalue weighted by Gasteiger charge is -2.28. The summed E-state index contributed by atoms with van der Waals surface area (Å²) in [4.78, 5) is 28.8. The Bertz CT molecular complexity index is 715. The minimum atomic E-state index is -0.110. The van der Waals surface area contributed by atoms with Crippen molar-refractivity contribution in [1.82, 2.24) is 9.88 Å². The van der Waals surface area contributed by atoms with Gasteiger partial charge in [0.1, 0.15) is 0 Å². The Kier molecular flexibility index (Phi) is 3.75. The molecule has 1 aliphatic heterocycles. The van der Waals surface area contributed by atoms with E-state index in [0.717, 1.165) is 37.0 Å². The van der Waals surface area contributed by atoms with Gasteiger partial charge in [0.2, 0.25) is 5.91 Å². The third-order valence-corrected chi connectivity index (χ3v) is 4.13. The number of benzene rings is 1. The molecule has 1 fully saturated rings. The summed E-state index contributed by atoms with van der Waals surface area (Å²) in [5, 5.41) is 4.44. The van der Waals surface area contributed by atoms with Crippen molar-refractivity contribution in [3.63, 3.8) is 0 Å². The van der Waals surface area contributed by atoms with Gasteiger partial charge >= 0.3 is 0 Å². The number of carbonyl (C=O) groups excluding carboxylic acids is 1. The number of H-pyrrole nitrogens is 1. The van der Waals surface area contributed by atoms with Crippen LogP contribution in [0, 0.1) is 5.92 Å². The van der Waals surface area contributed by atoms with Gasteiger partial charge in [-0.3, -0.25) is 9.59 Å². The van der Waals surface area contributed by atoms with Gasteiger partial charge in [-0.15, -0.1) is 0 Å². The van der Waals surface area contributed by atoms with Crippen molar-refractivity contribution in [2.45, 2.75) is 12.8 Å². The molecule has 0 saturated carbocycles. The van der Waals surface area contributed by atoms with Crippen LogP contribution in [0.5, 0.6) is 0 Å². The van der Waals surface area contributed by atoms with Crippen LogP contribution in [-0.2, 0) is 4.79 Å². The van der Waals surface area contributed by atoms with E-state index in [4.69, 9.17) is 0 Å². The van der Waals surface area contributed by atoms with Crippen molar-refractivity contribution >= 4 is 22.4 Å². The molecular weight excluding hydrogens is 266 g/mol. The molecule has 2 aromatic rings. The third-order valence-electron chi connectivity index (χ3n) is 4.13. The summed E-state index contributed by atoms with van der Waals surface area (Å²) >= 11 is 0. The normalized spacial score (nSPS) is 17.0. The minimum Gasteiger partial charge on any atom is -0.329 e. The highest BCUT2D eigenvalue weighted by atomic mass is 16.2. The molecule has 21 heavy (non-hydrogen) atoms. The maximum absolute atomic E-state index is 12.3. The fourth-order valence-corrected chi connectivity index (χ4v) is 2.79. The topological polar surface area (TPSA) is 65.2 Å². The van der Waals surface area contributed by atoms with E-state index in [1.807, 2.05) is 12.1 Å². The fourth-order valence-electron chi connectivity index (χ4n) is 2.79. The number of carbonyl (C=O) groups is 1. The van der Waals surface area contributed by atoms with Crippen LogP contribution in [-0.4, -0.2) is 35.9 Å². The number of piperidine rings is 1. The van der Waals surface area contributed by atoms with Gasteiger partial charge < -0.3 is 15.2 Å². The van der Waals surface area contributed by atoms with Crippen molar-refractivity contribution in [1.29, 1.82) is 0 Å². The summed E-state index contributed by atoms with van der Waals surface area (Å²) in [5.41, 5.74) is 0.637. The van der Waals surface area contributed by atoms with Crippen LogP contribution in [0.15, 0.2) is 35.3 Å². The SMILES string of the molecule is CN1CCC(C(=O)Nc2ccc3c(=O)[nH]ccc3c2)CC1. The molecule has 0 unspecified atom stereocenters. The first kappa shape index (κ1) is 13.8. The largest absolute Gasteiger partial charge is 0.329 e. The zero-order valence-electron chi connectivity index (χ0n) is 12.1. The smallest absolute Gasteiger partial charge is 0.255 e. The quantitative estimate of drug-likeness (QED) is 0.884. The highest BCUT2D eigenvalue weighted by Crippen LogP contribution is 2.20. The van der Waals surface area contributed by atoms with E-state index in [-0.39, 0.29) is 17.4 Å². The number of likely N-dealkylation sites (tertiary alicyclic amines) is 1. The van der Waals surface area contributed by atoms with Gasteiger partial charge in [0.25, 0.3) is 5.56 Å². The summed E-state index contributed by atoms with van der Waals surface area (Å²) in [6, 6.07) is 7.21.